The van der Waals surface area contributed by atoms with Gasteiger partial charge in [-0.2, -0.15) is 13.2 Å². The van der Waals surface area contributed by atoms with Crippen LogP contribution in [0.3, 0.4) is 0 Å². The molecule has 0 unspecified atom stereocenters. The summed E-state index contributed by atoms with van der Waals surface area (Å²) in [6.45, 7) is 0. The number of halogens is 4. The van der Waals surface area contributed by atoms with E-state index in [9.17, 15) is 23.1 Å². The van der Waals surface area contributed by atoms with E-state index in [1.165, 1.54) is 12.1 Å². The monoisotopic (exact) mass is 322 g/mol. The minimum absolute atomic E-state index is 0.142. The van der Waals surface area contributed by atoms with Crippen molar-refractivity contribution in [1.82, 2.24) is 0 Å². The van der Waals surface area contributed by atoms with Crippen LogP contribution in [0.5, 0.6) is 0 Å². The predicted octanol–water partition coefficient (Wildman–Crippen LogP) is 3.97. The van der Waals surface area contributed by atoms with E-state index >= 15 is 0 Å². The van der Waals surface area contributed by atoms with Gasteiger partial charge in [-0.05, 0) is 30.5 Å². The Kier molecular flexibility index (Phi) is 3.17. The van der Waals surface area contributed by atoms with E-state index in [1.807, 2.05) is 0 Å². The SMILES string of the molecule is O=C(O)C1(c2c(Br)cccc2C(F)(F)F)CCC1. The summed E-state index contributed by atoms with van der Waals surface area (Å²) in [5.41, 5.74) is -2.40. The molecule has 1 aromatic rings. The van der Waals surface area contributed by atoms with Crippen LogP contribution in [0.1, 0.15) is 30.4 Å². The molecule has 0 aliphatic heterocycles. The summed E-state index contributed by atoms with van der Waals surface area (Å²) in [6.07, 6.45) is -3.43. The minimum Gasteiger partial charge on any atom is -0.481 e. The highest BCUT2D eigenvalue weighted by atomic mass is 79.9. The van der Waals surface area contributed by atoms with Crippen molar-refractivity contribution in [3.05, 3.63) is 33.8 Å². The number of carboxylic acids is 1. The molecule has 1 fully saturated rings. The van der Waals surface area contributed by atoms with Crippen molar-refractivity contribution >= 4 is 21.9 Å². The number of carbonyl (C=O) groups is 1. The van der Waals surface area contributed by atoms with Crippen LogP contribution in [-0.2, 0) is 16.4 Å². The summed E-state index contributed by atoms with van der Waals surface area (Å²) in [4.78, 5) is 11.3. The molecule has 0 atom stereocenters. The standard InChI is InChI=1S/C12H10BrF3O2/c13-8-4-1-3-7(12(14,15)16)9(8)11(10(17)18)5-2-6-11/h1,3-4H,2,5-6H2,(H,17,18). The Labute approximate surface area is 110 Å². The number of alkyl halides is 3. The lowest BCUT2D eigenvalue weighted by atomic mass is 9.63. The maximum absolute atomic E-state index is 13.0. The fourth-order valence-electron chi connectivity index (χ4n) is 2.35. The Morgan fingerprint density at radius 2 is 1.94 bits per heavy atom. The second kappa shape index (κ2) is 4.26. The van der Waals surface area contributed by atoms with Gasteiger partial charge in [-0.3, -0.25) is 4.79 Å². The topological polar surface area (TPSA) is 37.3 Å². The molecular weight excluding hydrogens is 313 g/mol. The third kappa shape index (κ3) is 1.92. The summed E-state index contributed by atoms with van der Waals surface area (Å²) in [6, 6.07) is 3.65. The van der Waals surface area contributed by atoms with Crippen LogP contribution in [-0.4, -0.2) is 11.1 Å². The first kappa shape index (κ1) is 13.4. The van der Waals surface area contributed by atoms with Crippen LogP contribution in [0.4, 0.5) is 13.2 Å². The van der Waals surface area contributed by atoms with Crippen LogP contribution in [0, 0.1) is 0 Å². The molecule has 0 heterocycles. The second-order valence-corrected chi connectivity index (χ2v) is 5.26. The summed E-state index contributed by atoms with van der Waals surface area (Å²) in [5.74, 6) is -1.19. The lowest BCUT2D eigenvalue weighted by molar-refractivity contribution is -0.149. The van der Waals surface area contributed by atoms with E-state index in [0.717, 1.165) is 6.07 Å². The lowest BCUT2D eigenvalue weighted by Crippen LogP contribution is -2.44. The molecule has 1 aliphatic carbocycles. The van der Waals surface area contributed by atoms with Gasteiger partial charge in [-0.25, -0.2) is 0 Å². The van der Waals surface area contributed by atoms with E-state index in [4.69, 9.17) is 0 Å². The summed E-state index contributed by atoms with van der Waals surface area (Å²) in [7, 11) is 0. The predicted molar refractivity (Wildman–Crippen MR) is 62.3 cm³/mol. The molecule has 0 radical (unpaired) electrons. The second-order valence-electron chi connectivity index (χ2n) is 4.40. The molecule has 0 spiro atoms. The van der Waals surface area contributed by atoms with Gasteiger partial charge in [0.1, 0.15) is 0 Å². The van der Waals surface area contributed by atoms with Crippen molar-refractivity contribution in [3.63, 3.8) is 0 Å². The van der Waals surface area contributed by atoms with Crippen LogP contribution in [0.15, 0.2) is 22.7 Å². The van der Waals surface area contributed by atoms with Crippen molar-refractivity contribution in [1.29, 1.82) is 0 Å². The van der Waals surface area contributed by atoms with Crippen LogP contribution < -0.4 is 0 Å². The van der Waals surface area contributed by atoms with Crippen LogP contribution in [0.2, 0.25) is 0 Å². The van der Waals surface area contributed by atoms with Crippen molar-refractivity contribution < 1.29 is 23.1 Å². The first-order valence-corrected chi connectivity index (χ1v) is 6.18. The number of aliphatic carboxylic acids is 1. The van der Waals surface area contributed by atoms with E-state index in [2.05, 4.69) is 15.9 Å². The molecule has 2 rings (SSSR count). The summed E-state index contributed by atoms with van der Waals surface area (Å²) in [5, 5.41) is 9.26. The highest BCUT2D eigenvalue weighted by Gasteiger charge is 2.51. The quantitative estimate of drug-likeness (QED) is 0.894. The fourth-order valence-corrected chi connectivity index (χ4v) is 3.09. The zero-order valence-electron chi connectivity index (χ0n) is 9.22. The van der Waals surface area contributed by atoms with Crippen molar-refractivity contribution in [2.75, 3.05) is 0 Å². The van der Waals surface area contributed by atoms with E-state index < -0.39 is 23.1 Å². The maximum Gasteiger partial charge on any atom is 0.416 e. The average Bonchev–Trinajstić information content (AvgIpc) is 2.16. The number of hydrogen-bond acceptors (Lipinski definition) is 1. The van der Waals surface area contributed by atoms with E-state index in [1.54, 1.807) is 0 Å². The summed E-state index contributed by atoms with van der Waals surface area (Å²) >= 11 is 3.06. The van der Waals surface area contributed by atoms with Crippen LogP contribution in [0.25, 0.3) is 0 Å². The van der Waals surface area contributed by atoms with E-state index in [-0.39, 0.29) is 22.9 Å². The smallest absolute Gasteiger partial charge is 0.416 e. The number of hydrogen-bond donors (Lipinski definition) is 1. The first-order valence-electron chi connectivity index (χ1n) is 5.38. The minimum atomic E-state index is -4.54. The number of benzene rings is 1. The average molecular weight is 323 g/mol. The molecular formula is C12H10BrF3O2. The van der Waals surface area contributed by atoms with Gasteiger partial charge < -0.3 is 5.11 Å². The normalized spacial score (nSPS) is 18.2. The molecule has 1 N–H and O–H groups in total. The Bertz CT molecular complexity index is 493. The van der Waals surface area contributed by atoms with Crippen molar-refractivity contribution in [2.24, 2.45) is 0 Å². The Morgan fingerprint density at radius 3 is 2.33 bits per heavy atom. The van der Waals surface area contributed by atoms with Gasteiger partial charge in [-0.1, -0.05) is 28.4 Å². The van der Waals surface area contributed by atoms with Gasteiger partial charge >= 0.3 is 12.1 Å². The van der Waals surface area contributed by atoms with Gasteiger partial charge in [0.25, 0.3) is 0 Å². The Balaban J connectivity index is 2.66. The zero-order chi connectivity index (χ0) is 13.6. The van der Waals surface area contributed by atoms with Gasteiger partial charge in [0.05, 0.1) is 11.0 Å². The Hall–Kier alpha value is -1.04. The fraction of sp³-hybridized carbons (Fsp3) is 0.417. The molecule has 1 aliphatic rings. The summed E-state index contributed by atoms with van der Waals surface area (Å²) < 4.78 is 39.1. The molecule has 1 aromatic carbocycles. The maximum atomic E-state index is 13.0. The third-order valence-electron chi connectivity index (χ3n) is 3.41. The van der Waals surface area contributed by atoms with Gasteiger partial charge in [0.15, 0.2) is 0 Å². The largest absolute Gasteiger partial charge is 0.481 e. The highest BCUT2D eigenvalue weighted by molar-refractivity contribution is 9.10. The molecule has 18 heavy (non-hydrogen) atoms. The molecule has 0 bridgehead atoms. The highest BCUT2D eigenvalue weighted by Crippen LogP contribution is 2.50. The van der Waals surface area contributed by atoms with Crippen molar-refractivity contribution in [3.8, 4) is 0 Å². The van der Waals surface area contributed by atoms with Gasteiger partial charge in [-0.15, -0.1) is 0 Å². The first-order chi connectivity index (χ1) is 8.29. The molecule has 2 nitrogen and oxygen atoms in total. The molecule has 0 saturated heterocycles. The van der Waals surface area contributed by atoms with E-state index in [0.29, 0.717) is 6.42 Å². The number of carboxylic acid groups (broad SMARTS) is 1. The molecule has 98 valence electrons. The lowest BCUT2D eigenvalue weighted by Gasteiger charge is -2.40. The number of rotatable bonds is 2. The molecule has 0 amide bonds. The van der Waals surface area contributed by atoms with Gasteiger partial charge in [0, 0.05) is 4.47 Å². The van der Waals surface area contributed by atoms with Gasteiger partial charge in [0.2, 0.25) is 0 Å². The molecule has 0 aromatic heterocycles. The zero-order valence-corrected chi connectivity index (χ0v) is 10.8. The van der Waals surface area contributed by atoms with Crippen LogP contribution >= 0.6 is 15.9 Å². The Morgan fingerprint density at radius 1 is 1.33 bits per heavy atom. The molecule has 1 saturated carbocycles. The molecule has 6 heteroatoms. The third-order valence-corrected chi connectivity index (χ3v) is 4.07. The van der Waals surface area contributed by atoms with Crippen molar-refractivity contribution in [2.45, 2.75) is 30.9 Å².